The number of halogens is 3. The Morgan fingerprint density at radius 2 is 1.96 bits per heavy atom. The molecule has 1 atom stereocenters. The molecule has 0 aliphatic rings. The van der Waals surface area contributed by atoms with Crippen LogP contribution in [-0.2, 0) is 14.3 Å². The normalized spacial score (nSPS) is 12.2. The minimum atomic E-state index is -4.55. The third kappa shape index (κ3) is 9.32. The summed E-state index contributed by atoms with van der Waals surface area (Å²) in [5.41, 5.74) is 1.23. The van der Waals surface area contributed by atoms with Crippen LogP contribution in [0.5, 0.6) is 0 Å². The predicted octanol–water partition coefficient (Wildman–Crippen LogP) is 2.07. The lowest BCUT2D eigenvalue weighted by molar-refractivity contribution is -0.152. The molecule has 2 amide bonds. The van der Waals surface area contributed by atoms with Crippen LogP contribution >= 0.6 is 11.8 Å². The molecule has 1 rings (SSSR count). The molecule has 6 nitrogen and oxygen atoms in total. The molecule has 2 N–H and O–H groups in total. The largest absolute Gasteiger partial charge is 0.454 e. The highest BCUT2D eigenvalue weighted by molar-refractivity contribution is 7.98. The molecule has 0 aromatic heterocycles. The summed E-state index contributed by atoms with van der Waals surface area (Å²) in [4.78, 5) is 35.8. The van der Waals surface area contributed by atoms with Crippen LogP contribution < -0.4 is 10.6 Å². The second kappa shape index (κ2) is 10.8. The molecule has 0 heterocycles. The third-order valence-corrected chi connectivity index (χ3v) is 3.96. The van der Waals surface area contributed by atoms with Crippen LogP contribution in [0.2, 0.25) is 0 Å². The van der Waals surface area contributed by atoms with Gasteiger partial charge in [0, 0.05) is 5.56 Å². The quantitative estimate of drug-likeness (QED) is 0.614. The molecule has 0 aliphatic carbocycles. The monoisotopic (exact) mass is 406 g/mol. The zero-order chi connectivity index (χ0) is 20.4. The third-order valence-electron chi connectivity index (χ3n) is 3.31. The number of alkyl halides is 3. The average Bonchev–Trinajstić information content (AvgIpc) is 2.60. The minimum Gasteiger partial charge on any atom is -0.454 e. The van der Waals surface area contributed by atoms with Gasteiger partial charge in [-0.05, 0) is 37.5 Å². The van der Waals surface area contributed by atoms with Gasteiger partial charge in [-0.2, -0.15) is 24.9 Å². The van der Waals surface area contributed by atoms with E-state index in [0.717, 1.165) is 5.56 Å². The number of aryl methyl sites for hydroxylation is 1. The molecule has 0 saturated heterocycles. The smallest absolute Gasteiger partial charge is 0.405 e. The van der Waals surface area contributed by atoms with E-state index >= 15 is 0 Å². The van der Waals surface area contributed by atoms with Crippen molar-refractivity contribution in [2.24, 2.45) is 0 Å². The Kier molecular flexibility index (Phi) is 9.13. The van der Waals surface area contributed by atoms with Crippen molar-refractivity contribution in [3.05, 3.63) is 35.4 Å². The van der Waals surface area contributed by atoms with Gasteiger partial charge in [-0.15, -0.1) is 0 Å². The van der Waals surface area contributed by atoms with E-state index in [-0.39, 0.29) is 6.42 Å². The molecule has 1 aromatic carbocycles. The van der Waals surface area contributed by atoms with E-state index in [0.29, 0.717) is 11.3 Å². The first-order chi connectivity index (χ1) is 12.6. The van der Waals surface area contributed by atoms with E-state index in [1.165, 1.54) is 11.8 Å². The number of amides is 2. The van der Waals surface area contributed by atoms with Crippen molar-refractivity contribution in [2.45, 2.75) is 25.6 Å². The summed E-state index contributed by atoms with van der Waals surface area (Å²) in [5, 5.41) is 4.14. The lowest BCUT2D eigenvalue weighted by Crippen LogP contribution is -2.44. The van der Waals surface area contributed by atoms with Gasteiger partial charge in [0.2, 0.25) is 0 Å². The first-order valence-electron chi connectivity index (χ1n) is 7.99. The molecule has 150 valence electrons. The lowest BCUT2D eigenvalue weighted by Gasteiger charge is -2.17. The highest BCUT2D eigenvalue weighted by Gasteiger charge is 2.28. The van der Waals surface area contributed by atoms with Crippen LogP contribution in [0.25, 0.3) is 0 Å². The van der Waals surface area contributed by atoms with Gasteiger partial charge >= 0.3 is 12.1 Å². The Morgan fingerprint density at radius 3 is 2.56 bits per heavy atom. The zero-order valence-corrected chi connectivity index (χ0v) is 15.7. The van der Waals surface area contributed by atoms with E-state index in [1.54, 1.807) is 23.5 Å². The maximum absolute atomic E-state index is 12.3. The van der Waals surface area contributed by atoms with Gasteiger partial charge in [-0.1, -0.05) is 17.7 Å². The van der Waals surface area contributed by atoms with Gasteiger partial charge in [-0.3, -0.25) is 9.59 Å². The number of carbonyl (C=O) groups is 3. The van der Waals surface area contributed by atoms with Gasteiger partial charge in [-0.25, -0.2) is 4.79 Å². The molecular formula is C17H21F3N2O4S. The van der Waals surface area contributed by atoms with Crippen LogP contribution in [0, 0.1) is 6.92 Å². The van der Waals surface area contributed by atoms with Crippen LogP contribution in [-0.4, -0.2) is 55.2 Å². The first kappa shape index (κ1) is 22.8. The summed E-state index contributed by atoms with van der Waals surface area (Å²) in [6.45, 7) is -0.551. The van der Waals surface area contributed by atoms with Gasteiger partial charge in [0.1, 0.15) is 12.6 Å². The molecule has 0 fully saturated rings. The Hall–Kier alpha value is -2.23. The molecule has 0 bridgehead atoms. The molecule has 1 unspecified atom stereocenters. The standard InChI is InChI=1S/C17H21F3N2O4S/c1-11-4-3-5-12(8-11)15(24)22-13(6-7-27-2)16(25)26-9-14(23)21-10-17(18,19)20/h3-5,8,13H,6-7,9-10H2,1-2H3,(H,21,23)(H,22,24). The predicted molar refractivity (Wildman–Crippen MR) is 95.5 cm³/mol. The molecule has 0 saturated carbocycles. The van der Waals surface area contributed by atoms with Gasteiger partial charge in [0.15, 0.2) is 6.61 Å². The maximum Gasteiger partial charge on any atom is 0.405 e. The molecule has 1 aromatic rings. The molecule has 0 spiro atoms. The second-order valence-electron chi connectivity index (χ2n) is 5.68. The van der Waals surface area contributed by atoms with E-state index in [2.05, 4.69) is 5.32 Å². The van der Waals surface area contributed by atoms with Crippen LogP contribution in [0.15, 0.2) is 24.3 Å². The summed E-state index contributed by atoms with van der Waals surface area (Å²) in [6.07, 6.45) is -2.49. The molecule has 0 aliphatic heterocycles. The number of thioether (sulfide) groups is 1. The van der Waals surface area contributed by atoms with Crippen LogP contribution in [0.1, 0.15) is 22.3 Å². The lowest BCUT2D eigenvalue weighted by atomic mass is 10.1. The number of hydrogen-bond acceptors (Lipinski definition) is 5. The Labute approximate surface area is 159 Å². The number of rotatable bonds is 9. The molecular weight excluding hydrogens is 385 g/mol. The maximum atomic E-state index is 12.3. The van der Waals surface area contributed by atoms with Gasteiger partial charge in [0.05, 0.1) is 0 Å². The van der Waals surface area contributed by atoms with Crippen molar-refractivity contribution in [1.29, 1.82) is 0 Å². The SMILES string of the molecule is CSCCC(NC(=O)c1cccc(C)c1)C(=O)OCC(=O)NCC(F)(F)F. The van der Waals surface area contributed by atoms with Crippen molar-refractivity contribution in [1.82, 2.24) is 10.6 Å². The van der Waals surface area contributed by atoms with Crippen molar-refractivity contribution < 1.29 is 32.3 Å². The summed E-state index contributed by atoms with van der Waals surface area (Å²) in [6, 6.07) is 5.74. The summed E-state index contributed by atoms with van der Waals surface area (Å²) in [7, 11) is 0. The number of carbonyl (C=O) groups excluding carboxylic acids is 3. The van der Waals surface area contributed by atoms with E-state index in [9.17, 15) is 27.6 Å². The van der Waals surface area contributed by atoms with Crippen molar-refractivity contribution >= 4 is 29.5 Å². The van der Waals surface area contributed by atoms with Crippen molar-refractivity contribution in [3.8, 4) is 0 Å². The molecule has 0 radical (unpaired) electrons. The molecule has 10 heteroatoms. The Bertz CT molecular complexity index is 668. The Balaban J connectivity index is 2.62. The number of nitrogens with one attached hydrogen (secondary N) is 2. The fourth-order valence-electron chi connectivity index (χ4n) is 2.00. The minimum absolute atomic E-state index is 0.252. The van der Waals surface area contributed by atoms with Crippen molar-refractivity contribution in [2.75, 3.05) is 25.2 Å². The second-order valence-corrected chi connectivity index (χ2v) is 6.66. The van der Waals surface area contributed by atoms with Gasteiger partial charge < -0.3 is 15.4 Å². The zero-order valence-electron chi connectivity index (χ0n) is 14.9. The summed E-state index contributed by atoms with van der Waals surface area (Å²) >= 11 is 1.44. The fraction of sp³-hybridized carbons (Fsp3) is 0.471. The van der Waals surface area contributed by atoms with E-state index < -0.39 is 43.2 Å². The highest BCUT2D eigenvalue weighted by atomic mass is 32.2. The number of benzene rings is 1. The number of ether oxygens (including phenoxy) is 1. The summed E-state index contributed by atoms with van der Waals surface area (Å²) < 4.78 is 40.9. The fourth-order valence-corrected chi connectivity index (χ4v) is 2.47. The van der Waals surface area contributed by atoms with Crippen molar-refractivity contribution in [3.63, 3.8) is 0 Å². The first-order valence-corrected chi connectivity index (χ1v) is 9.38. The highest BCUT2D eigenvalue weighted by Crippen LogP contribution is 2.12. The molecule has 27 heavy (non-hydrogen) atoms. The van der Waals surface area contributed by atoms with E-state index in [1.807, 2.05) is 19.2 Å². The van der Waals surface area contributed by atoms with E-state index in [4.69, 9.17) is 4.74 Å². The average molecular weight is 406 g/mol. The number of hydrogen-bond donors (Lipinski definition) is 2. The number of esters is 1. The van der Waals surface area contributed by atoms with Crippen LogP contribution in [0.3, 0.4) is 0 Å². The topological polar surface area (TPSA) is 84.5 Å². The summed E-state index contributed by atoms with van der Waals surface area (Å²) in [5.74, 6) is -1.90. The van der Waals surface area contributed by atoms with Crippen LogP contribution in [0.4, 0.5) is 13.2 Å². The Morgan fingerprint density at radius 1 is 1.26 bits per heavy atom. The van der Waals surface area contributed by atoms with Gasteiger partial charge in [0.25, 0.3) is 11.8 Å².